The number of benzene rings is 2. The first kappa shape index (κ1) is 16.6. The molecule has 1 atom stereocenters. The summed E-state index contributed by atoms with van der Waals surface area (Å²) in [6, 6.07) is 11.2. The second-order valence-corrected chi connectivity index (χ2v) is 6.47. The maximum absolute atomic E-state index is 5.99. The van der Waals surface area contributed by atoms with Gasteiger partial charge in [-0.15, -0.1) is 0 Å². The minimum absolute atomic E-state index is 0.170. The average molecular weight is 389 g/mol. The van der Waals surface area contributed by atoms with Crippen LogP contribution < -0.4 is 10.5 Å². The zero-order valence-electron chi connectivity index (χ0n) is 11.6. The molecule has 0 saturated heterocycles. The fourth-order valence-corrected chi connectivity index (χ4v) is 2.67. The van der Waals surface area contributed by atoms with Gasteiger partial charge in [0.05, 0.1) is 10.0 Å². The first-order valence-electron chi connectivity index (χ1n) is 6.66. The number of hydrogen-bond donors (Lipinski definition) is 1. The Morgan fingerprint density at radius 2 is 1.76 bits per heavy atom. The average Bonchev–Trinajstić information content (AvgIpc) is 2.45. The molecule has 0 radical (unpaired) electrons. The van der Waals surface area contributed by atoms with Gasteiger partial charge in [-0.25, -0.2) is 0 Å². The smallest absolute Gasteiger partial charge is 0.129 e. The van der Waals surface area contributed by atoms with Crippen molar-refractivity contribution in [1.82, 2.24) is 0 Å². The van der Waals surface area contributed by atoms with Crippen molar-refractivity contribution in [3.8, 4) is 11.5 Å². The molecule has 0 aliphatic carbocycles. The summed E-state index contributed by atoms with van der Waals surface area (Å²) in [6.45, 7) is 2.08. The van der Waals surface area contributed by atoms with E-state index in [1.165, 1.54) is 5.56 Å². The predicted octanol–water partition coefficient (Wildman–Crippen LogP) is 5.83. The molecule has 0 aliphatic rings. The van der Waals surface area contributed by atoms with Crippen LogP contribution in [-0.2, 0) is 6.42 Å². The molecule has 0 bridgehead atoms. The van der Waals surface area contributed by atoms with Gasteiger partial charge in [-0.3, -0.25) is 0 Å². The van der Waals surface area contributed by atoms with Crippen LogP contribution >= 0.6 is 39.1 Å². The molecule has 2 nitrogen and oxygen atoms in total. The van der Waals surface area contributed by atoms with Crippen LogP contribution in [-0.4, -0.2) is 6.04 Å². The van der Waals surface area contributed by atoms with E-state index in [9.17, 15) is 0 Å². The first-order valence-corrected chi connectivity index (χ1v) is 8.21. The molecule has 0 fully saturated rings. The highest BCUT2D eigenvalue weighted by molar-refractivity contribution is 9.10. The molecule has 112 valence electrons. The lowest BCUT2D eigenvalue weighted by atomic mass is 10.0. The van der Waals surface area contributed by atoms with Gasteiger partial charge >= 0.3 is 0 Å². The van der Waals surface area contributed by atoms with Crippen LogP contribution in [0.5, 0.6) is 11.5 Å². The third-order valence-electron chi connectivity index (χ3n) is 3.16. The summed E-state index contributed by atoms with van der Waals surface area (Å²) in [5, 5.41) is 0.980. The number of nitrogens with two attached hydrogens (primary N) is 1. The zero-order chi connectivity index (χ0) is 15.4. The van der Waals surface area contributed by atoms with E-state index >= 15 is 0 Å². The lowest BCUT2D eigenvalue weighted by Crippen LogP contribution is -2.21. The van der Waals surface area contributed by atoms with E-state index in [4.69, 9.17) is 33.7 Å². The fourth-order valence-electron chi connectivity index (χ4n) is 1.86. The fraction of sp³-hybridized carbons (Fsp3) is 0.250. The SMILES string of the molecule is CCC(N)Cc1ccc(Oc2ccc(Cl)c(Cl)c2)cc1Br. The lowest BCUT2D eigenvalue weighted by Gasteiger charge is -2.12. The second kappa shape index (κ2) is 7.50. The maximum Gasteiger partial charge on any atom is 0.129 e. The Hall–Kier alpha value is -0.740. The van der Waals surface area contributed by atoms with Crippen molar-refractivity contribution < 1.29 is 4.74 Å². The molecule has 2 aromatic rings. The number of halogens is 3. The van der Waals surface area contributed by atoms with Crippen LogP contribution in [0.2, 0.25) is 10.0 Å². The normalized spacial score (nSPS) is 12.2. The quantitative estimate of drug-likeness (QED) is 0.699. The molecule has 1 unspecified atom stereocenters. The van der Waals surface area contributed by atoms with Crippen molar-refractivity contribution in [3.05, 3.63) is 56.5 Å². The molecule has 0 aliphatic heterocycles. The number of ether oxygens (including phenoxy) is 1. The van der Waals surface area contributed by atoms with Crippen molar-refractivity contribution in [2.24, 2.45) is 5.73 Å². The van der Waals surface area contributed by atoms with Crippen molar-refractivity contribution in [1.29, 1.82) is 0 Å². The van der Waals surface area contributed by atoms with E-state index in [2.05, 4.69) is 22.9 Å². The van der Waals surface area contributed by atoms with E-state index in [0.717, 1.165) is 23.1 Å². The second-order valence-electron chi connectivity index (χ2n) is 4.80. The molecule has 5 heteroatoms. The van der Waals surface area contributed by atoms with E-state index in [0.29, 0.717) is 15.8 Å². The largest absolute Gasteiger partial charge is 0.457 e. The molecule has 21 heavy (non-hydrogen) atoms. The van der Waals surface area contributed by atoms with Crippen molar-refractivity contribution >= 4 is 39.1 Å². The molecular formula is C16H16BrCl2NO. The topological polar surface area (TPSA) is 35.2 Å². The van der Waals surface area contributed by atoms with Gasteiger partial charge in [-0.05, 0) is 42.7 Å². The van der Waals surface area contributed by atoms with Gasteiger partial charge in [0.15, 0.2) is 0 Å². The van der Waals surface area contributed by atoms with Gasteiger partial charge in [-0.2, -0.15) is 0 Å². The predicted molar refractivity (Wildman–Crippen MR) is 92.6 cm³/mol. The van der Waals surface area contributed by atoms with Crippen molar-refractivity contribution in [3.63, 3.8) is 0 Å². The van der Waals surface area contributed by atoms with Crippen LogP contribution in [0.1, 0.15) is 18.9 Å². The first-order chi connectivity index (χ1) is 9.99. The minimum Gasteiger partial charge on any atom is -0.457 e. The molecule has 2 N–H and O–H groups in total. The third-order valence-corrected chi connectivity index (χ3v) is 4.64. The van der Waals surface area contributed by atoms with Crippen LogP contribution in [0.25, 0.3) is 0 Å². The van der Waals surface area contributed by atoms with Crippen molar-refractivity contribution in [2.45, 2.75) is 25.8 Å². The van der Waals surface area contributed by atoms with Gasteiger partial charge in [0.1, 0.15) is 11.5 Å². The Bertz CT molecular complexity index is 634. The zero-order valence-corrected chi connectivity index (χ0v) is 14.7. The van der Waals surface area contributed by atoms with Crippen molar-refractivity contribution in [2.75, 3.05) is 0 Å². The molecule has 2 rings (SSSR count). The van der Waals surface area contributed by atoms with Gasteiger partial charge in [0.2, 0.25) is 0 Å². The summed E-state index contributed by atoms with van der Waals surface area (Å²) in [7, 11) is 0. The van der Waals surface area contributed by atoms with E-state index in [1.54, 1.807) is 18.2 Å². The summed E-state index contributed by atoms with van der Waals surface area (Å²) < 4.78 is 6.77. The highest BCUT2D eigenvalue weighted by atomic mass is 79.9. The summed E-state index contributed by atoms with van der Waals surface area (Å²) >= 11 is 15.4. The molecule has 0 spiro atoms. The highest BCUT2D eigenvalue weighted by Gasteiger charge is 2.08. The molecule has 0 saturated carbocycles. The lowest BCUT2D eigenvalue weighted by molar-refractivity contribution is 0.482. The van der Waals surface area contributed by atoms with Crippen LogP contribution in [0.15, 0.2) is 40.9 Å². The molecule has 0 heterocycles. The molecule has 2 aromatic carbocycles. The summed E-state index contributed by atoms with van der Waals surface area (Å²) in [5.74, 6) is 1.38. The van der Waals surface area contributed by atoms with E-state index < -0.39 is 0 Å². The van der Waals surface area contributed by atoms with Crippen LogP contribution in [0.4, 0.5) is 0 Å². The van der Waals surface area contributed by atoms with E-state index in [1.807, 2.05) is 18.2 Å². The number of hydrogen-bond acceptors (Lipinski definition) is 2. The minimum atomic E-state index is 0.170. The summed E-state index contributed by atoms with van der Waals surface area (Å²) in [5.41, 5.74) is 7.16. The Morgan fingerprint density at radius 3 is 2.38 bits per heavy atom. The maximum atomic E-state index is 5.99. The Morgan fingerprint density at radius 1 is 1.10 bits per heavy atom. The van der Waals surface area contributed by atoms with Crippen LogP contribution in [0.3, 0.4) is 0 Å². The monoisotopic (exact) mass is 387 g/mol. The van der Waals surface area contributed by atoms with Gasteiger partial charge < -0.3 is 10.5 Å². The number of rotatable bonds is 5. The summed E-state index contributed by atoms with van der Waals surface area (Å²) in [6.07, 6.45) is 1.79. The van der Waals surface area contributed by atoms with Gasteiger partial charge in [-0.1, -0.05) is 52.1 Å². The Balaban J connectivity index is 2.14. The highest BCUT2D eigenvalue weighted by Crippen LogP contribution is 2.31. The van der Waals surface area contributed by atoms with Crippen LogP contribution in [0, 0.1) is 0 Å². The van der Waals surface area contributed by atoms with E-state index in [-0.39, 0.29) is 6.04 Å². The summed E-state index contributed by atoms with van der Waals surface area (Å²) in [4.78, 5) is 0. The van der Waals surface area contributed by atoms with Gasteiger partial charge in [0, 0.05) is 16.6 Å². The standard InChI is InChI=1S/C16H16BrCl2NO/c1-2-11(20)7-10-3-4-12(8-14(10)17)21-13-5-6-15(18)16(19)9-13/h3-6,8-9,11H,2,7,20H2,1H3. The molecule has 0 amide bonds. The Kier molecular flexibility index (Phi) is 5.94. The van der Waals surface area contributed by atoms with Gasteiger partial charge in [0.25, 0.3) is 0 Å². The molecular weight excluding hydrogens is 373 g/mol. The third kappa shape index (κ3) is 4.62. The Labute approximate surface area is 143 Å². The molecule has 0 aromatic heterocycles.